The molecule has 0 bridgehead atoms. The monoisotopic (exact) mass is 473 g/mol. The number of hydrogen-bond acceptors (Lipinski definition) is 4. The fourth-order valence-corrected chi connectivity index (χ4v) is 5.41. The first-order chi connectivity index (χ1) is 16.5. The molecule has 8 heteroatoms. The van der Waals surface area contributed by atoms with Crippen LogP contribution in [0.4, 0.5) is 0 Å². The van der Waals surface area contributed by atoms with Crippen molar-refractivity contribution in [3.05, 3.63) is 82.3 Å². The number of rotatable bonds is 3. The maximum absolute atomic E-state index is 13.1. The highest BCUT2D eigenvalue weighted by Crippen LogP contribution is 2.33. The van der Waals surface area contributed by atoms with Crippen molar-refractivity contribution in [2.24, 2.45) is 11.8 Å². The number of aryl methyl sites for hydroxylation is 1. The molecule has 2 aliphatic heterocycles. The van der Waals surface area contributed by atoms with Crippen molar-refractivity contribution < 1.29 is 9.59 Å². The summed E-state index contributed by atoms with van der Waals surface area (Å²) in [5.41, 5.74) is 5.83. The van der Waals surface area contributed by atoms with Crippen LogP contribution in [0.15, 0.2) is 60.3 Å². The van der Waals surface area contributed by atoms with E-state index >= 15 is 0 Å². The second kappa shape index (κ2) is 8.40. The molecular formula is C26H24ClN5O2. The Morgan fingerprint density at radius 1 is 0.941 bits per heavy atom. The minimum Gasteiger partial charge on any atom is -0.338 e. The summed E-state index contributed by atoms with van der Waals surface area (Å²) in [6.45, 7) is 1.89. The van der Waals surface area contributed by atoms with Crippen molar-refractivity contribution >= 4 is 23.4 Å². The number of amides is 2. The van der Waals surface area contributed by atoms with Gasteiger partial charge in [-0.25, -0.2) is 0 Å². The van der Waals surface area contributed by atoms with Gasteiger partial charge in [0.1, 0.15) is 0 Å². The molecule has 1 fully saturated rings. The van der Waals surface area contributed by atoms with Gasteiger partial charge in [-0.15, -0.1) is 0 Å². The van der Waals surface area contributed by atoms with Crippen LogP contribution in [0, 0.1) is 11.8 Å². The number of H-pyrrole nitrogens is 1. The predicted octanol–water partition coefficient (Wildman–Crippen LogP) is 3.73. The summed E-state index contributed by atoms with van der Waals surface area (Å²) in [5, 5.41) is 11.7. The summed E-state index contributed by atoms with van der Waals surface area (Å²) in [7, 11) is 0. The third-order valence-corrected chi connectivity index (χ3v) is 7.43. The van der Waals surface area contributed by atoms with Crippen LogP contribution in [0.5, 0.6) is 0 Å². The molecule has 2 amide bonds. The number of fused-ring (bicyclic) bond motifs is 2. The number of aromatic nitrogens is 3. The fourth-order valence-electron chi connectivity index (χ4n) is 5.29. The molecule has 6 rings (SSSR count). The fraction of sp³-hybridized carbons (Fsp3) is 0.308. The molecule has 3 heterocycles. The Balaban J connectivity index is 1.10. The van der Waals surface area contributed by atoms with Gasteiger partial charge < -0.3 is 9.80 Å². The van der Waals surface area contributed by atoms with Crippen molar-refractivity contribution in [3.8, 4) is 11.1 Å². The first-order valence-corrected chi connectivity index (χ1v) is 12.0. The van der Waals surface area contributed by atoms with Crippen LogP contribution in [0.3, 0.4) is 0 Å². The van der Waals surface area contributed by atoms with Gasteiger partial charge in [-0.2, -0.15) is 15.4 Å². The summed E-state index contributed by atoms with van der Waals surface area (Å²) >= 11 is 5.98. The Morgan fingerprint density at radius 3 is 2.38 bits per heavy atom. The molecule has 0 saturated carbocycles. The van der Waals surface area contributed by atoms with Gasteiger partial charge in [-0.1, -0.05) is 35.9 Å². The maximum atomic E-state index is 13.1. The van der Waals surface area contributed by atoms with Crippen molar-refractivity contribution in [2.45, 2.75) is 19.3 Å². The first kappa shape index (κ1) is 21.1. The molecule has 1 N–H and O–H groups in total. The minimum atomic E-state index is -0.0334. The second-order valence-corrected chi connectivity index (χ2v) is 9.75. The molecule has 1 unspecified atom stereocenters. The molecule has 1 aliphatic carbocycles. The van der Waals surface area contributed by atoms with Crippen LogP contribution in [-0.2, 0) is 17.6 Å². The van der Waals surface area contributed by atoms with Crippen molar-refractivity contribution in [1.29, 1.82) is 0 Å². The summed E-state index contributed by atoms with van der Waals surface area (Å²) < 4.78 is 0. The van der Waals surface area contributed by atoms with Gasteiger partial charge in [0.2, 0.25) is 5.91 Å². The number of carbonyl (C=O) groups is 2. The molecule has 172 valence electrons. The predicted molar refractivity (Wildman–Crippen MR) is 128 cm³/mol. The summed E-state index contributed by atoms with van der Waals surface area (Å²) in [5.74, 6) is 0.370. The van der Waals surface area contributed by atoms with E-state index in [1.165, 1.54) is 0 Å². The highest BCUT2D eigenvalue weighted by Gasteiger charge is 2.40. The SMILES string of the molecule is O=C(c1ccc(-c2ccc(Cl)cc2)cc1)N1C=C2CN(C(=O)C3CCc4n[nH]nc4C3)C[C@H]2C1. The number of aromatic amines is 1. The van der Waals surface area contributed by atoms with Crippen LogP contribution in [0.1, 0.15) is 28.2 Å². The van der Waals surface area contributed by atoms with Gasteiger partial charge >= 0.3 is 0 Å². The molecule has 1 saturated heterocycles. The third kappa shape index (κ3) is 3.80. The Hall–Kier alpha value is -3.45. The van der Waals surface area contributed by atoms with Gasteiger partial charge in [-0.3, -0.25) is 9.59 Å². The minimum absolute atomic E-state index is 0.00623. The van der Waals surface area contributed by atoms with Gasteiger partial charge in [0.05, 0.1) is 11.4 Å². The number of benzene rings is 2. The number of carbonyl (C=O) groups excluding carboxylic acids is 2. The van der Waals surface area contributed by atoms with Crippen molar-refractivity contribution in [1.82, 2.24) is 25.2 Å². The summed E-state index contributed by atoms with van der Waals surface area (Å²) in [6, 6.07) is 15.3. The maximum Gasteiger partial charge on any atom is 0.257 e. The van der Waals surface area contributed by atoms with Crippen LogP contribution >= 0.6 is 11.6 Å². The topological polar surface area (TPSA) is 82.2 Å². The number of nitrogens with one attached hydrogen (secondary N) is 1. The molecule has 0 spiro atoms. The van der Waals surface area contributed by atoms with Crippen LogP contribution in [0.25, 0.3) is 11.1 Å². The van der Waals surface area contributed by atoms with Crippen LogP contribution in [-0.4, -0.2) is 56.7 Å². The lowest BCUT2D eigenvalue weighted by Gasteiger charge is -2.26. The Labute approximate surface area is 202 Å². The average Bonchev–Trinajstić information content (AvgIpc) is 3.58. The molecule has 0 radical (unpaired) electrons. The molecule has 7 nitrogen and oxygen atoms in total. The Bertz CT molecular complexity index is 1280. The van der Waals surface area contributed by atoms with Gasteiger partial charge in [0.15, 0.2) is 0 Å². The quantitative estimate of drug-likeness (QED) is 0.628. The van der Waals surface area contributed by atoms with Gasteiger partial charge in [0, 0.05) is 54.7 Å². The smallest absolute Gasteiger partial charge is 0.257 e. The van der Waals surface area contributed by atoms with E-state index in [1.807, 2.05) is 59.6 Å². The third-order valence-electron chi connectivity index (χ3n) is 7.18. The lowest BCUT2D eigenvalue weighted by molar-refractivity contribution is -0.134. The van der Waals surface area contributed by atoms with Crippen LogP contribution < -0.4 is 0 Å². The summed E-state index contributed by atoms with van der Waals surface area (Å²) in [6.07, 6.45) is 4.21. The first-order valence-electron chi connectivity index (χ1n) is 11.6. The Morgan fingerprint density at radius 2 is 1.65 bits per heavy atom. The standard InChI is InChI=1S/C26H24ClN5O2/c27-22-8-5-17(6-9-22)16-1-3-18(4-2-16)25(33)31-12-20-14-32(15-21(20)13-31)26(34)19-7-10-23-24(11-19)29-30-28-23/h1-6,8-9,12,19,21H,7,10-11,13-15H2,(H,28,29,30)/t19?,21-/m1/s1. The highest BCUT2D eigenvalue weighted by atomic mass is 35.5. The zero-order valence-electron chi connectivity index (χ0n) is 18.6. The number of halogens is 1. The van der Waals surface area contributed by atoms with Crippen molar-refractivity contribution in [3.63, 3.8) is 0 Å². The zero-order chi connectivity index (χ0) is 23.2. The molecular weight excluding hydrogens is 450 g/mol. The lowest BCUT2D eigenvalue weighted by Crippen LogP contribution is -2.38. The van der Waals surface area contributed by atoms with E-state index in [0.717, 1.165) is 40.9 Å². The average molecular weight is 474 g/mol. The molecule has 2 aromatic carbocycles. The lowest BCUT2D eigenvalue weighted by atomic mass is 9.89. The number of nitrogens with zero attached hydrogens (tertiary/aromatic N) is 4. The van der Waals surface area contributed by atoms with Gasteiger partial charge in [-0.05, 0) is 53.8 Å². The Kier molecular flexibility index (Phi) is 5.21. The zero-order valence-corrected chi connectivity index (χ0v) is 19.3. The molecule has 3 aliphatic rings. The molecule has 34 heavy (non-hydrogen) atoms. The van der Waals surface area contributed by atoms with Crippen molar-refractivity contribution in [2.75, 3.05) is 19.6 Å². The number of likely N-dealkylation sites (tertiary alicyclic amines) is 1. The van der Waals surface area contributed by atoms with Gasteiger partial charge in [0.25, 0.3) is 5.91 Å². The highest BCUT2D eigenvalue weighted by molar-refractivity contribution is 6.30. The largest absolute Gasteiger partial charge is 0.338 e. The second-order valence-electron chi connectivity index (χ2n) is 9.32. The molecule has 3 aromatic rings. The molecule has 1 aromatic heterocycles. The number of hydrogen-bond donors (Lipinski definition) is 1. The summed E-state index contributed by atoms with van der Waals surface area (Å²) in [4.78, 5) is 30.0. The van der Waals surface area contributed by atoms with E-state index in [9.17, 15) is 9.59 Å². The van der Waals surface area contributed by atoms with E-state index in [0.29, 0.717) is 36.6 Å². The van der Waals surface area contributed by atoms with E-state index in [4.69, 9.17) is 11.6 Å². The molecule has 2 atom stereocenters. The van der Waals surface area contributed by atoms with Crippen LogP contribution in [0.2, 0.25) is 5.02 Å². The van der Waals surface area contributed by atoms with E-state index in [-0.39, 0.29) is 23.7 Å². The normalized spacial score (nSPS) is 21.3. The van der Waals surface area contributed by atoms with E-state index in [1.54, 1.807) is 4.90 Å². The van der Waals surface area contributed by atoms with E-state index in [2.05, 4.69) is 15.4 Å². The van der Waals surface area contributed by atoms with E-state index < -0.39 is 0 Å².